The van der Waals surface area contributed by atoms with Gasteiger partial charge in [0.25, 0.3) is 0 Å². The molecular formula is C16H23BrN2. The normalized spacial score (nSPS) is 16.2. The van der Waals surface area contributed by atoms with E-state index in [-0.39, 0.29) is 0 Å². The molecule has 1 fully saturated rings. The van der Waals surface area contributed by atoms with Crippen LogP contribution in [0.15, 0.2) is 35.3 Å². The van der Waals surface area contributed by atoms with E-state index in [1.807, 2.05) is 6.08 Å². The molecule has 19 heavy (non-hydrogen) atoms. The Morgan fingerprint density at radius 1 is 1.53 bits per heavy atom. The predicted octanol–water partition coefficient (Wildman–Crippen LogP) is 4.27. The number of nitrogens with zero attached hydrogens (tertiary/aromatic N) is 1. The minimum Gasteiger partial charge on any atom is -0.365 e. The largest absolute Gasteiger partial charge is 0.365 e. The first kappa shape index (κ1) is 14.6. The van der Waals surface area contributed by atoms with Crippen molar-refractivity contribution >= 4 is 21.6 Å². The molecule has 1 unspecified atom stereocenters. The number of rotatable bonds is 7. The fourth-order valence-electron chi connectivity index (χ4n) is 2.52. The highest BCUT2D eigenvalue weighted by molar-refractivity contribution is 9.10. The molecule has 0 radical (unpaired) electrons. The van der Waals surface area contributed by atoms with Crippen LogP contribution in [0.3, 0.4) is 0 Å². The molecule has 2 rings (SSSR count). The minimum absolute atomic E-state index is 0.364. The quantitative estimate of drug-likeness (QED) is 0.754. The maximum atomic E-state index is 3.90. The second-order valence-corrected chi connectivity index (χ2v) is 6.07. The van der Waals surface area contributed by atoms with Crippen molar-refractivity contribution in [1.82, 2.24) is 5.32 Å². The Hall–Kier alpha value is -0.800. The van der Waals surface area contributed by atoms with Crippen LogP contribution in [0.5, 0.6) is 0 Å². The van der Waals surface area contributed by atoms with Gasteiger partial charge in [-0.25, -0.2) is 0 Å². The Labute approximate surface area is 125 Å². The monoisotopic (exact) mass is 322 g/mol. The molecular weight excluding hydrogens is 300 g/mol. The number of benzene rings is 1. The van der Waals surface area contributed by atoms with Gasteiger partial charge in [0.2, 0.25) is 0 Å². The molecule has 1 N–H and O–H groups in total. The van der Waals surface area contributed by atoms with E-state index in [9.17, 15) is 0 Å². The van der Waals surface area contributed by atoms with Gasteiger partial charge in [-0.15, -0.1) is 6.58 Å². The van der Waals surface area contributed by atoms with Gasteiger partial charge in [0.15, 0.2) is 0 Å². The van der Waals surface area contributed by atoms with Crippen LogP contribution >= 0.6 is 15.9 Å². The Balaban J connectivity index is 2.33. The first-order valence-corrected chi connectivity index (χ1v) is 7.87. The molecule has 0 saturated heterocycles. The van der Waals surface area contributed by atoms with Gasteiger partial charge >= 0.3 is 0 Å². The van der Waals surface area contributed by atoms with Gasteiger partial charge in [-0.3, -0.25) is 0 Å². The molecule has 3 heteroatoms. The van der Waals surface area contributed by atoms with Crippen molar-refractivity contribution < 1.29 is 0 Å². The molecule has 0 aliphatic heterocycles. The maximum Gasteiger partial charge on any atom is 0.0420 e. The van der Waals surface area contributed by atoms with E-state index in [0.717, 1.165) is 17.6 Å². The van der Waals surface area contributed by atoms with Gasteiger partial charge in [-0.05, 0) is 50.1 Å². The third-order valence-electron chi connectivity index (χ3n) is 3.59. The van der Waals surface area contributed by atoms with Crippen molar-refractivity contribution in [2.75, 3.05) is 18.0 Å². The van der Waals surface area contributed by atoms with E-state index in [0.29, 0.717) is 12.1 Å². The van der Waals surface area contributed by atoms with E-state index in [4.69, 9.17) is 0 Å². The zero-order valence-electron chi connectivity index (χ0n) is 11.8. The lowest BCUT2D eigenvalue weighted by Crippen LogP contribution is -2.28. The first-order valence-electron chi connectivity index (χ1n) is 7.07. The van der Waals surface area contributed by atoms with Crippen molar-refractivity contribution in [2.24, 2.45) is 0 Å². The van der Waals surface area contributed by atoms with Crippen molar-refractivity contribution in [1.29, 1.82) is 0 Å². The summed E-state index contributed by atoms with van der Waals surface area (Å²) < 4.78 is 1.14. The van der Waals surface area contributed by atoms with E-state index < -0.39 is 0 Å². The van der Waals surface area contributed by atoms with E-state index >= 15 is 0 Å². The number of halogens is 1. The van der Waals surface area contributed by atoms with Crippen LogP contribution in [0.4, 0.5) is 5.69 Å². The van der Waals surface area contributed by atoms with Crippen molar-refractivity contribution in [3.8, 4) is 0 Å². The van der Waals surface area contributed by atoms with Gasteiger partial charge in [0, 0.05) is 28.8 Å². The molecule has 0 amide bonds. The highest BCUT2D eigenvalue weighted by Gasteiger charge is 2.30. The molecule has 0 aromatic heterocycles. The number of hydrogen-bond acceptors (Lipinski definition) is 2. The average Bonchev–Trinajstić information content (AvgIpc) is 3.21. The van der Waals surface area contributed by atoms with Crippen molar-refractivity contribution in [3.05, 3.63) is 40.9 Å². The lowest BCUT2D eigenvalue weighted by Gasteiger charge is -2.28. The van der Waals surface area contributed by atoms with E-state index in [1.165, 1.54) is 24.1 Å². The maximum absolute atomic E-state index is 3.90. The van der Waals surface area contributed by atoms with Gasteiger partial charge in [-0.1, -0.05) is 28.9 Å². The van der Waals surface area contributed by atoms with E-state index in [2.05, 4.69) is 64.8 Å². The zero-order chi connectivity index (χ0) is 13.8. The third-order valence-corrected chi connectivity index (χ3v) is 4.08. The Bertz CT molecular complexity index is 440. The summed E-state index contributed by atoms with van der Waals surface area (Å²) in [6.45, 7) is 10.2. The summed E-state index contributed by atoms with van der Waals surface area (Å²) in [5, 5.41) is 3.51. The number of nitrogens with one attached hydrogen (secondary N) is 1. The van der Waals surface area contributed by atoms with Gasteiger partial charge < -0.3 is 10.2 Å². The topological polar surface area (TPSA) is 15.3 Å². The summed E-state index contributed by atoms with van der Waals surface area (Å²) in [6.07, 6.45) is 4.61. The third kappa shape index (κ3) is 3.61. The van der Waals surface area contributed by atoms with Gasteiger partial charge in [0.05, 0.1) is 0 Å². The minimum atomic E-state index is 0.364. The summed E-state index contributed by atoms with van der Waals surface area (Å²) in [5.41, 5.74) is 2.71. The van der Waals surface area contributed by atoms with Crippen LogP contribution in [0, 0.1) is 0 Å². The highest BCUT2D eigenvalue weighted by atomic mass is 79.9. The lowest BCUT2D eigenvalue weighted by atomic mass is 10.0. The predicted molar refractivity (Wildman–Crippen MR) is 86.8 cm³/mol. The van der Waals surface area contributed by atoms with Crippen molar-refractivity contribution in [2.45, 2.75) is 38.8 Å². The standard InChI is InChI=1S/C16H23BrN2/c1-4-10-19(14-7-8-14)16-9-6-13(17)11-15(16)12(3)18-5-2/h4,6,9,11-12,14,18H,1,5,7-8,10H2,2-3H3. The molecule has 1 aliphatic rings. The van der Waals surface area contributed by atoms with Crippen LogP contribution in [-0.4, -0.2) is 19.1 Å². The molecule has 1 aliphatic carbocycles. The van der Waals surface area contributed by atoms with Crippen LogP contribution in [0.25, 0.3) is 0 Å². The summed E-state index contributed by atoms with van der Waals surface area (Å²) >= 11 is 3.59. The summed E-state index contributed by atoms with van der Waals surface area (Å²) in [4.78, 5) is 2.49. The molecule has 0 bridgehead atoms. The summed E-state index contributed by atoms with van der Waals surface area (Å²) in [6, 6.07) is 7.67. The first-order chi connectivity index (χ1) is 9.17. The molecule has 1 atom stereocenters. The average molecular weight is 323 g/mol. The summed E-state index contributed by atoms with van der Waals surface area (Å²) in [7, 11) is 0. The van der Waals surface area contributed by atoms with Crippen LogP contribution in [-0.2, 0) is 0 Å². The smallest absolute Gasteiger partial charge is 0.0420 e. The van der Waals surface area contributed by atoms with Gasteiger partial charge in [-0.2, -0.15) is 0 Å². The fourth-order valence-corrected chi connectivity index (χ4v) is 2.90. The Morgan fingerprint density at radius 3 is 2.84 bits per heavy atom. The Kier molecular flexibility index (Phi) is 5.06. The van der Waals surface area contributed by atoms with Crippen LogP contribution < -0.4 is 10.2 Å². The lowest BCUT2D eigenvalue weighted by molar-refractivity contribution is 0.595. The SMILES string of the molecule is C=CCN(c1ccc(Br)cc1C(C)NCC)C1CC1. The van der Waals surface area contributed by atoms with Crippen LogP contribution in [0.1, 0.15) is 38.3 Å². The number of anilines is 1. The van der Waals surface area contributed by atoms with Crippen LogP contribution in [0.2, 0.25) is 0 Å². The summed E-state index contributed by atoms with van der Waals surface area (Å²) in [5.74, 6) is 0. The molecule has 2 nitrogen and oxygen atoms in total. The fraction of sp³-hybridized carbons (Fsp3) is 0.500. The Morgan fingerprint density at radius 2 is 2.26 bits per heavy atom. The van der Waals surface area contributed by atoms with Crippen molar-refractivity contribution in [3.63, 3.8) is 0 Å². The zero-order valence-corrected chi connectivity index (χ0v) is 13.4. The number of hydrogen-bond donors (Lipinski definition) is 1. The van der Waals surface area contributed by atoms with E-state index in [1.54, 1.807) is 0 Å². The second kappa shape index (κ2) is 6.58. The molecule has 1 aromatic rings. The molecule has 104 valence electrons. The molecule has 0 heterocycles. The molecule has 1 aromatic carbocycles. The molecule has 1 saturated carbocycles. The van der Waals surface area contributed by atoms with Gasteiger partial charge in [0.1, 0.15) is 0 Å². The highest BCUT2D eigenvalue weighted by Crippen LogP contribution is 2.36. The molecule has 0 spiro atoms. The second-order valence-electron chi connectivity index (χ2n) is 5.15.